The number of benzene rings is 1. The summed E-state index contributed by atoms with van der Waals surface area (Å²) >= 11 is 5.67. The van der Waals surface area contributed by atoms with Gasteiger partial charge in [0.1, 0.15) is 0 Å². The monoisotopic (exact) mass is 219 g/mol. The van der Waals surface area contributed by atoms with E-state index in [4.69, 9.17) is 22.4 Å². The Morgan fingerprint density at radius 3 is 2.77 bits per heavy atom. The number of nitrogens with two attached hydrogens (primary N) is 1. The standard InChI is InChI=1S/C8H10ClNO2S/c9-6-1-2-8(7(10)5-6)13(12)4-3-11/h1-2,5,11H,3-4,10H2. The summed E-state index contributed by atoms with van der Waals surface area (Å²) in [6, 6.07) is 4.79. The molecule has 0 radical (unpaired) electrons. The molecule has 72 valence electrons. The van der Waals surface area contributed by atoms with Gasteiger partial charge in [-0.2, -0.15) is 0 Å². The molecule has 0 aliphatic carbocycles. The topological polar surface area (TPSA) is 63.3 Å². The second kappa shape index (κ2) is 4.60. The quantitative estimate of drug-likeness (QED) is 0.747. The first-order valence-corrected chi connectivity index (χ1v) is 5.39. The normalized spacial score (nSPS) is 12.8. The highest BCUT2D eigenvalue weighted by atomic mass is 35.5. The van der Waals surface area contributed by atoms with Crippen molar-refractivity contribution in [2.45, 2.75) is 4.90 Å². The zero-order chi connectivity index (χ0) is 9.84. The van der Waals surface area contributed by atoms with Crippen LogP contribution in [0.3, 0.4) is 0 Å². The number of aliphatic hydroxyl groups excluding tert-OH is 1. The number of anilines is 1. The van der Waals surface area contributed by atoms with Gasteiger partial charge in [-0.1, -0.05) is 11.6 Å². The lowest BCUT2D eigenvalue weighted by Gasteiger charge is -2.04. The zero-order valence-electron chi connectivity index (χ0n) is 6.87. The van der Waals surface area contributed by atoms with Gasteiger partial charge in [0.2, 0.25) is 0 Å². The van der Waals surface area contributed by atoms with E-state index >= 15 is 0 Å². The molecule has 0 fully saturated rings. The largest absolute Gasteiger partial charge is 0.398 e. The molecule has 0 saturated carbocycles. The predicted octanol–water partition coefficient (Wildman–Crippen LogP) is 1.02. The third kappa shape index (κ3) is 2.69. The van der Waals surface area contributed by atoms with Crippen LogP contribution < -0.4 is 5.73 Å². The van der Waals surface area contributed by atoms with Crippen LogP contribution in [-0.2, 0) is 10.8 Å². The third-order valence-electron chi connectivity index (χ3n) is 1.49. The van der Waals surface area contributed by atoms with E-state index in [0.29, 0.717) is 15.6 Å². The van der Waals surface area contributed by atoms with Crippen molar-refractivity contribution in [3.8, 4) is 0 Å². The van der Waals surface area contributed by atoms with Crippen molar-refractivity contribution in [3.05, 3.63) is 23.2 Å². The van der Waals surface area contributed by atoms with Gasteiger partial charge >= 0.3 is 0 Å². The van der Waals surface area contributed by atoms with Crippen molar-refractivity contribution in [2.75, 3.05) is 18.1 Å². The van der Waals surface area contributed by atoms with Gasteiger partial charge in [0.25, 0.3) is 0 Å². The van der Waals surface area contributed by atoms with Gasteiger partial charge in [0, 0.05) is 10.7 Å². The first kappa shape index (κ1) is 10.5. The van der Waals surface area contributed by atoms with E-state index in [-0.39, 0.29) is 12.4 Å². The Hall–Kier alpha value is -0.580. The summed E-state index contributed by atoms with van der Waals surface area (Å²) < 4.78 is 11.4. The molecule has 1 aromatic rings. The van der Waals surface area contributed by atoms with E-state index in [0.717, 1.165) is 0 Å². The molecule has 0 spiro atoms. The van der Waals surface area contributed by atoms with Gasteiger partial charge < -0.3 is 10.8 Å². The maximum absolute atomic E-state index is 11.4. The Morgan fingerprint density at radius 1 is 1.54 bits per heavy atom. The molecule has 0 saturated heterocycles. The van der Waals surface area contributed by atoms with Crippen LogP contribution in [0.4, 0.5) is 5.69 Å². The van der Waals surface area contributed by atoms with Gasteiger partial charge in [-0.05, 0) is 18.2 Å². The SMILES string of the molecule is Nc1cc(Cl)ccc1S(=O)CCO. The van der Waals surface area contributed by atoms with E-state index in [1.165, 1.54) is 0 Å². The fraction of sp³-hybridized carbons (Fsp3) is 0.250. The van der Waals surface area contributed by atoms with E-state index in [1.54, 1.807) is 18.2 Å². The van der Waals surface area contributed by atoms with Crippen LogP contribution in [0.1, 0.15) is 0 Å². The van der Waals surface area contributed by atoms with Crippen molar-refractivity contribution < 1.29 is 9.32 Å². The van der Waals surface area contributed by atoms with Crippen LogP contribution in [0.2, 0.25) is 5.02 Å². The van der Waals surface area contributed by atoms with Crippen molar-refractivity contribution >= 4 is 28.1 Å². The lowest BCUT2D eigenvalue weighted by molar-refractivity contribution is 0.321. The van der Waals surface area contributed by atoms with Gasteiger partial charge in [-0.15, -0.1) is 0 Å². The molecule has 0 aromatic heterocycles. The number of rotatable bonds is 3. The Morgan fingerprint density at radius 2 is 2.23 bits per heavy atom. The predicted molar refractivity (Wildman–Crippen MR) is 54.2 cm³/mol. The minimum Gasteiger partial charge on any atom is -0.398 e. The van der Waals surface area contributed by atoms with E-state index < -0.39 is 10.8 Å². The van der Waals surface area contributed by atoms with Crippen LogP contribution >= 0.6 is 11.6 Å². The number of hydrogen-bond acceptors (Lipinski definition) is 3. The van der Waals surface area contributed by atoms with Crippen LogP contribution in [0.25, 0.3) is 0 Å². The average molecular weight is 220 g/mol. The summed E-state index contributed by atoms with van der Waals surface area (Å²) in [5, 5.41) is 9.10. The molecule has 0 aliphatic heterocycles. The molecule has 3 N–H and O–H groups in total. The average Bonchev–Trinajstić information content (AvgIpc) is 2.04. The maximum Gasteiger partial charge on any atom is 0.0619 e. The Kier molecular flexibility index (Phi) is 3.71. The van der Waals surface area contributed by atoms with Gasteiger partial charge in [0.15, 0.2) is 0 Å². The number of aliphatic hydroxyl groups is 1. The fourth-order valence-electron chi connectivity index (χ4n) is 0.920. The molecule has 1 atom stereocenters. The van der Waals surface area contributed by atoms with Crippen molar-refractivity contribution in [3.63, 3.8) is 0 Å². The summed E-state index contributed by atoms with van der Waals surface area (Å²) in [5.41, 5.74) is 6.00. The second-order valence-corrected chi connectivity index (χ2v) is 4.43. The molecule has 0 amide bonds. The highest BCUT2D eigenvalue weighted by molar-refractivity contribution is 7.85. The smallest absolute Gasteiger partial charge is 0.0619 e. The van der Waals surface area contributed by atoms with Crippen molar-refractivity contribution in [1.82, 2.24) is 0 Å². The third-order valence-corrected chi connectivity index (χ3v) is 3.14. The Bertz CT molecular complexity index is 330. The van der Waals surface area contributed by atoms with E-state index in [1.807, 2.05) is 0 Å². The molecule has 1 unspecified atom stereocenters. The first-order valence-electron chi connectivity index (χ1n) is 3.69. The Labute approximate surface area is 84.0 Å². The van der Waals surface area contributed by atoms with Crippen LogP contribution in [-0.4, -0.2) is 21.7 Å². The minimum atomic E-state index is -1.24. The van der Waals surface area contributed by atoms with Gasteiger partial charge in [-0.25, -0.2) is 0 Å². The van der Waals surface area contributed by atoms with Crippen LogP contribution in [0, 0.1) is 0 Å². The molecule has 13 heavy (non-hydrogen) atoms. The highest BCUT2D eigenvalue weighted by Gasteiger charge is 2.07. The number of halogens is 1. The molecule has 3 nitrogen and oxygen atoms in total. The van der Waals surface area contributed by atoms with Crippen molar-refractivity contribution in [1.29, 1.82) is 0 Å². The van der Waals surface area contributed by atoms with Crippen LogP contribution in [0.5, 0.6) is 0 Å². The number of hydrogen-bond donors (Lipinski definition) is 2. The second-order valence-electron chi connectivity index (χ2n) is 2.46. The van der Waals surface area contributed by atoms with Crippen LogP contribution in [0.15, 0.2) is 23.1 Å². The summed E-state index contributed by atoms with van der Waals surface area (Å²) in [7, 11) is -1.24. The minimum absolute atomic E-state index is 0.116. The molecular formula is C8H10ClNO2S. The molecule has 1 rings (SSSR count). The molecule has 0 heterocycles. The first-order chi connectivity index (χ1) is 6.15. The lowest BCUT2D eigenvalue weighted by Crippen LogP contribution is -2.04. The van der Waals surface area contributed by atoms with Gasteiger partial charge in [-0.3, -0.25) is 4.21 Å². The fourth-order valence-corrected chi connectivity index (χ4v) is 2.03. The lowest BCUT2D eigenvalue weighted by atomic mass is 10.3. The molecular weight excluding hydrogens is 210 g/mol. The summed E-state index contributed by atoms with van der Waals surface area (Å²) in [6.07, 6.45) is 0. The van der Waals surface area contributed by atoms with Gasteiger partial charge in [0.05, 0.1) is 28.1 Å². The Balaban J connectivity index is 2.95. The molecule has 5 heteroatoms. The molecule has 0 bridgehead atoms. The summed E-state index contributed by atoms with van der Waals surface area (Å²) in [4.78, 5) is 0.526. The highest BCUT2D eigenvalue weighted by Crippen LogP contribution is 2.20. The van der Waals surface area contributed by atoms with Crippen molar-refractivity contribution in [2.24, 2.45) is 0 Å². The molecule has 1 aromatic carbocycles. The zero-order valence-corrected chi connectivity index (χ0v) is 8.44. The summed E-state index contributed by atoms with van der Waals surface area (Å²) in [6.45, 7) is -0.116. The molecule has 0 aliphatic rings. The van der Waals surface area contributed by atoms with E-state index in [2.05, 4.69) is 0 Å². The maximum atomic E-state index is 11.4. The number of nitrogen functional groups attached to an aromatic ring is 1. The summed E-state index contributed by atoms with van der Waals surface area (Å²) in [5.74, 6) is 0.200. The van der Waals surface area contributed by atoms with E-state index in [9.17, 15) is 4.21 Å².